The number of allylic oxidation sites excluding steroid dienone is 1. The molecule has 0 aliphatic carbocycles. The predicted molar refractivity (Wildman–Crippen MR) is 57.7 cm³/mol. The molecule has 5 nitrogen and oxygen atoms in total. The van der Waals surface area contributed by atoms with Crippen LogP contribution in [0.1, 0.15) is 19.8 Å². The highest BCUT2D eigenvalue weighted by atomic mass is 16.4. The Morgan fingerprint density at radius 1 is 1.53 bits per heavy atom. The van der Waals surface area contributed by atoms with Gasteiger partial charge in [-0.05, 0) is 6.42 Å². The lowest BCUT2D eigenvalue weighted by atomic mass is 10.2. The zero-order valence-electron chi connectivity index (χ0n) is 9.19. The molecule has 86 valence electrons. The van der Waals surface area contributed by atoms with Gasteiger partial charge in [-0.15, -0.1) is 0 Å². The van der Waals surface area contributed by atoms with Gasteiger partial charge in [-0.2, -0.15) is 0 Å². The molecule has 5 heteroatoms. The molecular weight excluding hydrogens is 196 g/mol. The molecule has 0 saturated heterocycles. The maximum Gasteiger partial charge on any atom is 0.408 e. The first-order valence-corrected chi connectivity index (χ1v) is 4.94. The van der Waals surface area contributed by atoms with Crippen molar-refractivity contribution in [3.05, 3.63) is 11.8 Å². The van der Waals surface area contributed by atoms with Crippen LogP contribution in [-0.2, 0) is 4.79 Å². The van der Waals surface area contributed by atoms with Crippen molar-refractivity contribution in [1.82, 2.24) is 10.2 Å². The highest BCUT2D eigenvalue weighted by Gasteiger charge is 2.11. The third kappa shape index (κ3) is 5.72. The quantitative estimate of drug-likeness (QED) is 0.622. The molecule has 0 aromatic carbocycles. The Hall–Kier alpha value is -1.52. The van der Waals surface area contributed by atoms with Crippen LogP contribution < -0.4 is 5.32 Å². The van der Waals surface area contributed by atoms with Crippen LogP contribution in [0.15, 0.2) is 11.8 Å². The van der Waals surface area contributed by atoms with Gasteiger partial charge in [0.1, 0.15) is 6.29 Å². The minimum atomic E-state index is -1.08. The van der Waals surface area contributed by atoms with Gasteiger partial charge in [0.2, 0.25) is 0 Å². The SMILES string of the molecule is CCC/C=C(\CN(CC=O)C(=O)O)NC. The molecule has 0 atom stereocenters. The Labute approximate surface area is 89.8 Å². The van der Waals surface area contributed by atoms with E-state index in [-0.39, 0.29) is 13.1 Å². The van der Waals surface area contributed by atoms with Crippen molar-refractivity contribution in [1.29, 1.82) is 0 Å². The number of nitrogens with one attached hydrogen (secondary N) is 1. The maximum absolute atomic E-state index is 10.7. The van der Waals surface area contributed by atoms with Crippen molar-refractivity contribution in [3.63, 3.8) is 0 Å². The number of hydrogen-bond donors (Lipinski definition) is 2. The van der Waals surface area contributed by atoms with Crippen LogP contribution in [0, 0.1) is 0 Å². The molecule has 1 amide bonds. The molecule has 0 spiro atoms. The van der Waals surface area contributed by atoms with Gasteiger partial charge in [0.25, 0.3) is 0 Å². The lowest BCUT2D eigenvalue weighted by molar-refractivity contribution is -0.108. The molecule has 15 heavy (non-hydrogen) atoms. The largest absolute Gasteiger partial charge is 0.465 e. The number of rotatable bonds is 7. The van der Waals surface area contributed by atoms with E-state index in [9.17, 15) is 9.59 Å². The van der Waals surface area contributed by atoms with E-state index in [0.29, 0.717) is 6.29 Å². The molecule has 0 saturated carbocycles. The van der Waals surface area contributed by atoms with Gasteiger partial charge >= 0.3 is 6.09 Å². The topological polar surface area (TPSA) is 69.6 Å². The maximum atomic E-state index is 10.7. The Kier molecular flexibility index (Phi) is 7.05. The number of carbonyl (C=O) groups excluding carboxylic acids is 1. The summed E-state index contributed by atoms with van der Waals surface area (Å²) in [5, 5.41) is 11.7. The van der Waals surface area contributed by atoms with Gasteiger partial charge in [-0.3, -0.25) is 4.90 Å². The Morgan fingerprint density at radius 3 is 2.60 bits per heavy atom. The summed E-state index contributed by atoms with van der Waals surface area (Å²) >= 11 is 0. The second kappa shape index (κ2) is 7.84. The van der Waals surface area contributed by atoms with E-state index in [0.717, 1.165) is 23.4 Å². The first-order valence-electron chi connectivity index (χ1n) is 4.94. The van der Waals surface area contributed by atoms with Gasteiger partial charge in [0.15, 0.2) is 0 Å². The number of carboxylic acid groups (broad SMARTS) is 1. The summed E-state index contributed by atoms with van der Waals surface area (Å²) < 4.78 is 0. The van der Waals surface area contributed by atoms with Gasteiger partial charge in [0, 0.05) is 12.7 Å². The molecule has 0 fully saturated rings. The smallest absolute Gasteiger partial charge is 0.408 e. The standard InChI is InChI=1S/C10H18N2O3/c1-3-4-5-9(11-2)8-12(6-7-13)10(14)15/h5,7,11H,3-4,6,8H2,1-2H3,(H,14,15)/b9-5+. The van der Waals surface area contributed by atoms with Crippen molar-refractivity contribution in [2.24, 2.45) is 0 Å². The molecule has 0 rings (SSSR count). The average Bonchev–Trinajstić information content (AvgIpc) is 2.22. The van der Waals surface area contributed by atoms with E-state index in [1.165, 1.54) is 0 Å². The van der Waals surface area contributed by atoms with Crippen LogP contribution in [0.2, 0.25) is 0 Å². The molecule has 2 N–H and O–H groups in total. The molecule has 0 bridgehead atoms. The summed E-state index contributed by atoms with van der Waals surface area (Å²) in [6.45, 7) is 2.18. The van der Waals surface area contributed by atoms with Crippen molar-refractivity contribution in [3.8, 4) is 0 Å². The number of likely N-dealkylation sites (N-methyl/N-ethyl adjacent to an activating group) is 1. The van der Waals surface area contributed by atoms with E-state index >= 15 is 0 Å². The zero-order valence-corrected chi connectivity index (χ0v) is 9.19. The fourth-order valence-corrected chi connectivity index (χ4v) is 1.07. The van der Waals surface area contributed by atoms with E-state index in [1.807, 2.05) is 13.0 Å². The fraction of sp³-hybridized carbons (Fsp3) is 0.600. The molecular formula is C10H18N2O3. The minimum Gasteiger partial charge on any atom is -0.465 e. The molecule has 0 aromatic heterocycles. The van der Waals surface area contributed by atoms with Crippen LogP contribution in [0.3, 0.4) is 0 Å². The van der Waals surface area contributed by atoms with Crippen molar-refractivity contribution in [2.75, 3.05) is 20.1 Å². The Morgan fingerprint density at radius 2 is 2.20 bits per heavy atom. The van der Waals surface area contributed by atoms with Gasteiger partial charge in [0.05, 0.1) is 13.1 Å². The Bertz CT molecular complexity index is 239. The number of carbonyl (C=O) groups is 2. The number of hydrogen-bond acceptors (Lipinski definition) is 3. The summed E-state index contributed by atoms with van der Waals surface area (Å²) in [6, 6.07) is 0. The summed E-state index contributed by atoms with van der Waals surface area (Å²) in [6.07, 6.45) is 3.35. The predicted octanol–water partition coefficient (Wildman–Crippen LogP) is 1.07. The molecule has 0 heterocycles. The minimum absolute atomic E-state index is 0.0967. The molecule has 0 unspecified atom stereocenters. The van der Waals surface area contributed by atoms with Crippen LogP contribution in [-0.4, -0.2) is 42.5 Å². The average molecular weight is 214 g/mol. The number of unbranched alkanes of at least 4 members (excludes halogenated alkanes) is 1. The number of amides is 1. The van der Waals surface area contributed by atoms with Gasteiger partial charge in [-0.25, -0.2) is 4.79 Å². The molecule has 0 aromatic rings. The monoisotopic (exact) mass is 214 g/mol. The van der Waals surface area contributed by atoms with Crippen LogP contribution in [0.4, 0.5) is 4.79 Å². The van der Waals surface area contributed by atoms with E-state index in [2.05, 4.69) is 5.32 Å². The summed E-state index contributed by atoms with van der Waals surface area (Å²) in [5.74, 6) is 0. The van der Waals surface area contributed by atoms with Crippen molar-refractivity contribution >= 4 is 12.4 Å². The van der Waals surface area contributed by atoms with Crippen LogP contribution >= 0.6 is 0 Å². The van der Waals surface area contributed by atoms with Crippen LogP contribution in [0.5, 0.6) is 0 Å². The lowest BCUT2D eigenvalue weighted by Gasteiger charge is -2.18. The molecule has 0 aliphatic heterocycles. The van der Waals surface area contributed by atoms with Crippen LogP contribution in [0.25, 0.3) is 0 Å². The highest BCUT2D eigenvalue weighted by molar-refractivity contribution is 5.69. The summed E-state index contributed by atoms with van der Waals surface area (Å²) in [5.41, 5.74) is 0.820. The van der Waals surface area contributed by atoms with E-state index < -0.39 is 6.09 Å². The van der Waals surface area contributed by atoms with Gasteiger partial charge in [-0.1, -0.05) is 19.4 Å². The first kappa shape index (κ1) is 13.5. The normalized spacial score (nSPS) is 10.9. The second-order valence-corrected chi connectivity index (χ2v) is 3.10. The third-order valence-corrected chi connectivity index (χ3v) is 1.93. The van der Waals surface area contributed by atoms with E-state index in [4.69, 9.17) is 5.11 Å². The molecule has 0 aliphatic rings. The van der Waals surface area contributed by atoms with Gasteiger partial charge < -0.3 is 15.2 Å². The Balaban J connectivity index is 4.33. The summed E-state index contributed by atoms with van der Waals surface area (Å²) in [7, 11) is 1.74. The molecule has 0 radical (unpaired) electrons. The number of aldehydes is 1. The summed E-state index contributed by atoms with van der Waals surface area (Å²) in [4.78, 5) is 22.0. The second-order valence-electron chi connectivity index (χ2n) is 3.10. The lowest BCUT2D eigenvalue weighted by Crippen LogP contribution is -2.35. The van der Waals surface area contributed by atoms with E-state index in [1.54, 1.807) is 7.05 Å². The highest BCUT2D eigenvalue weighted by Crippen LogP contribution is 1.99. The van der Waals surface area contributed by atoms with Crippen molar-refractivity contribution in [2.45, 2.75) is 19.8 Å². The number of nitrogens with zero attached hydrogens (tertiary/aromatic N) is 1. The first-order chi connectivity index (χ1) is 7.15. The third-order valence-electron chi connectivity index (χ3n) is 1.93. The fourth-order valence-electron chi connectivity index (χ4n) is 1.07. The van der Waals surface area contributed by atoms with Crippen molar-refractivity contribution < 1.29 is 14.7 Å². The zero-order chi connectivity index (χ0) is 11.7.